The third-order valence-corrected chi connectivity index (χ3v) is 2.81. The number of carbonyl (C=O) groups is 2. The SMILES string of the molecule is CCCC(C)(N)C(=O)NCCCC(C)C(=O)O. The van der Waals surface area contributed by atoms with Crippen LogP contribution in [0.4, 0.5) is 0 Å². The molecule has 0 aromatic rings. The molecule has 0 aliphatic rings. The van der Waals surface area contributed by atoms with E-state index in [1.54, 1.807) is 13.8 Å². The molecule has 1 amide bonds. The van der Waals surface area contributed by atoms with Crippen molar-refractivity contribution in [2.45, 2.75) is 52.0 Å². The molecule has 17 heavy (non-hydrogen) atoms. The van der Waals surface area contributed by atoms with E-state index in [0.717, 1.165) is 6.42 Å². The van der Waals surface area contributed by atoms with Crippen molar-refractivity contribution in [1.82, 2.24) is 5.32 Å². The van der Waals surface area contributed by atoms with E-state index in [1.807, 2.05) is 6.92 Å². The Kier molecular flexibility index (Phi) is 6.80. The van der Waals surface area contributed by atoms with Crippen LogP contribution in [0.2, 0.25) is 0 Å². The first-order chi connectivity index (χ1) is 7.81. The first-order valence-electron chi connectivity index (χ1n) is 6.11. The average Bonchev–Trinajstić information content (AvgIpc) is 2.23. The second-order valence-corrected chi connectivity index (χ2v) is 4.80. The number of aliphatic carboxylic acids is 1. The molecule has 0 bridgehead atoms. The Balaban J connectivity index is 3.82. The van der Waals surface area contributed by atoms with Crippen LogP contribution in [-0.4, -0.2) is 29.1 Å². The van der Waals surface area contributed by atoms with Crippen LogP contribution in [-0.2, 0) is 9.59 Å². The summed E-state index contributed by atoms with van der Waals surface area (Å²) in [6.45, 7) is 5.83. The molecule has 0 rings (SSSR count). The first kappa shape index (κ1) is 15.9. The van der Waals surface area contributed by atoms with Crippen LogP contribution in [0.3, 0.4) is 0 Å². The van der Waals surface area contributed by atoms with Gasteiger partial charge in [0.2, 0.25) is 5.91 Å². The number of amides is 1. The summed E-state index contributed by atoms with van der Waals surface area (Å²) >= 11 is 0. The smallest absolute Gasteiger partial charge is 0.306 e. The van der Waals surface area contributed by atoms with Crippen molar-refractivity contribution in [2.75, 3.05) is 6.54 Å². The predicted octanol–water partition coefficient (Wildman–Crippen LogP) is 1.12. The normalized spacial score (nSPS) is 16.0. The lowest BCUT2D eigenvalue weighted by molar-refractivity contribution is -0.141. The Morgan fingerprint density at radius 3 is 2.53 bits per heavy atom. The molecule has 0 radical (unpaired) electrons. The molecule has 0 fully saturated rings. The van der Waals surface area contributed by atoms with Gasteiger partial charge in [-0.2, -0.15) is 0 Å². The molecule has 0 saturated heterocycles. The second-order valence-electron chi connectivity index (χ2n) is 4.80. The second kappa shape index (κ2) is 7.27. The minimum atomic E-state index is -0.826. The van der Waals surface area contributed by atoms with Crippen molar-refractivity contribution in [3.63, 3.8) is 0 Å². The van der Waals surface area contributed by atoms with Gasteiger partial charge in [-0.15, -0.1) is 0 Å². The Bertz CT molecular complexity index is 264. The lowest BCUT2D eigenvalue weighted by Gasteiger charge is -2.22. The molecule has 0 aromatic carbocycles. The topological polar surface area (TPSA) is 92.4 Å². The van der Waals surface area contributed by atoms with E-state index in [2.05, 4.69) is 5.32 Å². The van der Waals surface area contributed by atoms with Gasteiger partial charge in [-0.05, 0) is 26.2 Å². The van der Waals surface area contributed by atoms with Gasteiger partial charge in [0.25, 0.3) is 0 Å². The molecule has 2 unspecified atom stereocenters. The molecule has 5 heteroatoms. The number of nitrogens with two attached hydrogens (primary N) is 1. The van der Waals surface area contributed by atoms with Crippen molar-refractivity contribution < 1.29 is 14.7 Å². The van der Waals surface area contributed by atoms with Crippen LogP contribution in [0, 0.1) is 5.92 Å². The van der Waals surface area contributed by atoms with Gasteiger partial charge < -0.3 is 16.2 Å². The Hall–Kier alpha value is -1.10. The molecule has 4 N–H and O–H groups in total. The van der Waals surface area contributed by atoms with E-state index in [9.17, 15) is 9.59 Å². The number of hydrogen-bond acceptors (Lipinski definition) is 3. The third-order valence-electron chi connectivity index (χ3n) is 2.81. The summed E-state index contributed by atoms with van der Waals surface area (Å²) in [6.07, 6.45) is 2.72. The van der Waals surface area contributed by atoms with E-state index in [0.29, 0.717) is 25.8 Å². The molecule has 2 atom stereocenters. The van der Waals surface area contributed by atoms with Crippen LogP contribution < -0.4 is 11.1 Å². The quantitative estimate of drug-likeness (QED) is 0.558. The molecule has 0 spiro atoms. The van der Waals surface area contributed by atoms with Crippen LogP contribution in [0.25, 0.3) is 0 Å². The van der Waals surface area contributed by atoms with Gasteiger partial charge in [0.15, 0.2) is 0 Å². The molecule has 0 aliphatic carbocycles. The van der Waals surface area contributed by atoms with Crippen LogP contribution in [0.5, 0.6) is 0 Å². The maximum absolute atomic E-state index is 11.7. The Labute approximate surface area is 103 Å². The predicted molar refractivity (Wildman–Crippen MR) is 66.5 cm³/mol. The fourth-order valence-electron chi connectivity index (χ4n) is 1.57. The highest BCUT2D eigenvalue weighted by Gasteiger charge is 2.26. The summed E-state index contributed by atoms with van der Waals surface area (Å²) in [5, 5.41) is 11.4. The van der Waals surface area contributed by atoms with E-state index in [-0.39, 0.29) is 11.8 Å². The summed E-state index contributed by atoms with van der Waals surface area (Å²) < 4.78 is 0. The largest absolute Gasteiger partial charge is 0.481 e. The van der Waals surface area contributed by atoms with Crippen molar-refractivity contribution >= 4 is 11.9 Å². The monoisotopic (exact) mass is 244 g/mol. The fourth-order valence-corrected chi connectivity index (χ4v) is 1.57. The zero-order chi connectivity index (χ0) is 13.5. The number of carboxylic acids is 1. The maximum Gasteiger partial charge on any atom is 0.306 e. The summed E-state index contributed by atoms with van der Waals surface area (Å²) in [6, 6.07) is 0. The molecule has 5 nitrogen and oxygen atoms in total. The van der Waals surface area contributed by atoms with E-state index in [4.69, 9.17) is 10.8 Å². The Morgan fingerprint density at radius 1 is 1.47 bits per heavy atom. The molecule has 0 aromatic heterocycles. The van der Waals surface area contributed by atoms with Crippen molar-refractivity contribution in [3.05, 3.63) is 0 Å². The van der Waals surface area contributed by atoms with Crippen molar-refractivity contribution in [1.29, 1.82) is 0 Å². The van der Waals surface area contributed by atoms with Gasteiger partial charge >= 0.3 is 5.97 Å². The maximum atomic E-state index is 11.7. The third kappa shape index (κ3) is 6.26. The highest BCUT2D eigenvalue weighted by molar-refractivity contribution is 5.85. The van der Waals surface area contributed by atoms with E-state index >= 15 is 0 Å². The molecule has 100 valence electrons. The molecular weight excluding hydrogens is 220 g/mol. The number of nitrogens with one attached hydrogen (secondary N) is 1. The summed E-state index contributed by atoms with van der Waals surface area (Å²) in [5.74, 6) is -1.33. The number of rotatable bonds is 8. The van der Waals surface area contributed by atoms with Gasteiger partial charge in [-0.25, -0.2) is 0 Å². The van der Waals surface area contributed by atoms with Gasteiger partial charge in [0, 0.05) is 6.54 Å². The number of hydrogen-bond donors (Lipinski definition) is 3. The minimum absolute atomic E-state index is 0.165. The molecule has 0 aliphatic heterocycles. The van der Waals surface area contributed by atoms with Gasteiger partial charge in [0.1, 0.15) is 0 Å². The van der Waals surface area contributed by atoms with E-state index in [1.165, 1.54) is 0 Å². The standard InChI is InChI=1S/C12H24N2O3/c1-4-7-12(3,13)11(17)14-8-5-6-9(2)10(15)16/h9H,4-8,13H2,1-3H3,(H,14,17)(H,15,16). The van der Waals surface area contributed by atoms with Gasteiger partial charge in [-0.3, -0.25) is 9.59 Å². The average molecular weight is 244 g/mol. The van der Waals surface area contributed by atoms with Crippen molar-refractivity contribution in [3.8, 4) is 0 Å². The minimum Gasteiger partial charge on any atom is -0.481 e. The van der Waals surface area contributed by atoms with Crippen LogP contribution >= 0.6 is 0 Å². The highest BCUT2D eigenvalue weighted by atomic mass is 16.4. The highest BCUT2D eigenvalue weighted by Crippen LogP contribution is 2.09. The van der Waals surface area contributed by atoms with Gasteiger partial charge in [0.05, 0.1) is 11.5 Å². The van der Waals surface area contributed by atoms with Crippen LogP contribution in [0.1, 0.15) is 46.5 Å². The zero-order valence-corrected chi connectivity index (χ0v) is 11.0. The molecule has 0 heterocycles. The lowest BCUT2D eigenvalue weighted by atomic mass is 9.96. The summed E-state index contributed by atoms with van der Waals surface area (Å²) in [5.41, 5.74) is 5.03. The molecular formula is C12H24N2O3. The van der Waals surface area contributed by atoms with Crippen LogP contribution in [0.15, 0.2) is 0 Å². The van der Waals surface area contributed by atoms with Gasteiger partial charge in [-0.1, -0.05) is 20.3 Å². The molecule has 0 saturated carbocycles. The zero-order valence-electron chi connectivity index (χ0n) is 11.0. The number of carboxylic acid groups (broad SMARTS) is 1. The lowest BCUT2D eigenvalue weighted by Crippen LogP contribution is -2.51. The number of carbonyl (C=O) groups excluding carboxylic acids is 1. The fraction of sp³-hybridized carbons (Fsp3) is 0.833. The summed E-state index contributed by atoms with van der Waals surface area (Å²) in [7, 11) is 0. The van der Waals surface area contributed by atoms with Crippen molar-refractivity contribution in [2.24, 2.45) is 11.7 Å². The first-order valence-corrected chi connectivity index (χ1v) is 6.11. The van der Waals surface area contributed by atoms with E-state index < -0.39 is 11.5 Å². The Morgan fingerprint density at radius 2 is 2.06 bits per heavy atom. The summed E-state index contributed by atoms with van der Waals surface area (Å²) in [4.78, 5) is 22.2.